The first-order chi connectivity index (χ1) is 8.88. The van der Waals surface area contributed by atoms with E-state index in [9.17, 15) is 18.3 Å². The Morgan fingerprint density at radius 1 is 1.21 bits per heavy atom. The Labute approximate surface area is 110 Å². The summed E-state index contributed by atoms with van der Waals surface area (Å²) in [5.41, 5.74) is 0.669. The van der Waals surface area contributed by atoms with Crippen molar-refractivity contribution in [3.8, 4) is 0 Å². The number of Topliss-reactive ketones (excluding diaryl/α,β-unsaturated/α-hetero) is 1. The molecule has 6 nitrogen and oxygen atoms in total. The number of ketones is 1. The number of primary sulfonamides is 1. The maximum Gasteiger partial charge on any atom is 0.238 e. The number of sulfonamides is 1. The van der Waals surface area contributed by atoms with Gasteiger partial charge >= 0.3 is 0 Å². The van der Waals surface area contributed by atoms with Crippen molar-refractivity contribution >= 4 is 27.7 Å². The number of hydrogen-bond acceptors (Lipinski definition) is 5. The minimum Gasteiger partial charge on any atom is -0.511 e. The molecule has 1 aliphatic carbocycles. The van der Waals surface area contributed by atoms with Gasteiger partial charge in [0.05, 0.1) is 16.2 Å². The molecule has 1 aliphatic rings. The highest BCUT2D eigenvalue weighted by molar-refractivity contribution is 7.89. The lowest BCUT2D eigenvalue weighted by molar-refractivity contribution is -0.114. The summed E-state index contributed by atoms with van der Waals surface area (Å²) < 4.78 is 22.1. The lowest BCUT2D eigenvalue weighted by Crippen LogP contribution is -2.11. The van der Waals surface area contributed by atoms with Crippen LogP contribution in [0.5, 0.6) is 0 Å². The van der Waals surface area contributed by atoms with E-state index in [0.717, 1.165) is 0 Å². The lowest BCUT2D eigenvalue weighted by atomic mass is 10.2. The number of nitrogens with two attached hydrogens (primary N) is 1. The molecule has 0 spiro atoms. The van der Waals surface area contributed by atoms with Gasteiger partial charge in [-0.25, -0.2) is 13.6 Å². The van der Waals surface area contributed by atoms with Crippen LogP contribution in [-0.2, 0) is 14.8 Å². The van der Waals surface area contributed by atoms with Gasteiger partial charge in [0.15, 0.2) is 5.78 Å². The number of carbonyl (C=O) groups is 1. The molecule has 0 atom stereocenters. The smallest absolute Gasteiger partial charge is 0.238 e. The third kappa shape index (κ3) is 3.07. The predicted octanol–water partition coefficient (Wildman–Crippen LogP) is 1.21. The van der Waals surface area contributed by atoms with Gasteiger partial charge in [0.25, 0.3) is 0 Å². The Hall–Kier alpha value is -1.99. The Morgan fingerprint density at radius 3 is 2.32 bits per heavy atom. The molecule has 0 aromatic heterocycles. The Balaban J connectivity index is 2.21. The minimum atomic E-state index is -3.72. The lowest BCUT2D eigenvalue weighted by Gasteiger charge is -1.98. The van der Waals surface area contributed by atoms with E-state index in [-0.39, 0.29) is 28.4 Å². The second kappa shape index (κ2) is 4.94. The molecule has 100 valence electrons. The molecule has 2 rings (SSSR count). The molecule has 0 heterocycles. The van der Waals surface area contributed by atoms with Crippen molar-refractivity contribution in [3.63, 3.8) is 0 Å². The SMILES string of the molecule is NS(=O)(=O)c1ccc(N=CC2=C(O)CCC2=O)cc1. The fourth-order valence-corrected chi connectivity index (χ4v) is 2.19. The average Bonchev–Trinajstić information content (AvgIpc) is 2.66. The number of allylic oxidation sites excluding steroid dienone is 2. The minimum absolute atomic E-state index is 0.00884. The van der Waals surface area contributed by atoms with Crippen LogP contribution in [0.1, 0.15) is 12.8 Å². The van der Waals surface area contributed by atoms with E-state index in [1.54, 1.807) is 0 Å². The van der Waals surface area contributed by atoms with Crippen LogP contribution in [-0.4, -0.2) is 25.5 Å². The zero-order valence-electron chi connectivity index (χ0n) is 9.91. The number of carbonyl (C=O) groups excluding carboxylic acids is 1. The summed E-state index contributed by atoms with van der Waals surface area (Å²) in [6, 6.07) is 5.58. The number of aliphatic hydroxyl groups excluding tert-OH is 1. The highest BCUT2D eigenvalue weighted by Crippen LogP contribution is 2.21. The van der Waals surface area contributed by atoms with Crippen molar-refractivity contribution in [3.05, 3.63) is 35.6 Å². The number of nitrogens with zero attached hydrogens (tertiary/aromatic N) is 1. The van der Waals surface area contributed by atoms with E-state index in [2.05, 4.69) is 4.99 Å². The monoisotopic (exact) mass is 280 g/mol. The molecule has 0 aliphatic heterocycles. The number of aliphatic imine (C=N–C) groups is 1. The van der Waals surface area contributed by atoms with Crippen molar-refractivity contribution in [2.75, 3.05) is 0 Å². The highest BCUT2D eigenvalue weighted by Gasteiger charge is 2.20. The molecule has 1 aromatic rings. The summed E-state index contributed by atoms with van der Waals surface area (Å²) in [4.78, 5) is 15.4. The molecule has 0 saturated carbocycles. The molecule has 7 heteroatoms. The zero-order chi connectivity index (χ0) is 14.0. The molecule has 0 bridgehead atoms. The molecule has 0 fully saturated rings. The van der Waals surface area contributed by atoms with Gasteiger partial charge in [-0.1, -0.05) is 0 Å². The van der Waals surface area contributed by atoms with Gasteiger partial charge in [0.1, 0.15) is 5.76 Å². The summed E-state index contributed by atoms with van der Waals surface area (Å²) in [6.07, 6.45) is 1.92. The summed E-state index contributed by atoms with van der Waals surface area (Å²) in [5, 5.41) is 14.4. The molecule has 0 saturated heterocycles. The number of rotatable bonds is 3. The quantitative estimate of drug-likeness (QED) is 0.811. The standard InChI is InChI=1S/C12H12N2O4S/c13-19(17,18)9-3-1-8(2-4-9)14-7-10-11(15)5-6-12(10)16/h1-4,7,15H,5-6H2,(H2,13,17,18). The van der Waals surface area contributed by atoms with E-state index in [1.165, 1.54) is 30.5 Å². The first-order valence-corrected chi connectivity index (χ1v) is 7.05. The normalized spacial score (nSPS) is 16.6. The number of aliphatic hydroxyl groups is 1. The van der Waals surface area contributed by atoms with E-state index in [0.29, 0.717) is 12.1 Å². The van der Waals surface area contributed by atoms with Gasteiger partial charge in [-0.05, 0) is 24.3 Å². The van der Waals surface area contributed by atoms with Gasteiger partial charge < -0.3 is 5.11 Å². The number of hydrogen-bond donors (Lipinski definition) is 2. The van der Waals surface area contributed by atoms with Gasteiger partial charge in [0.2, 0.25) is 10.0 Å². The first kappa shape index (κ1) is 13.4. The first-order valence-electron chi connectivity index (χ1n) is 5.50. The molecular formula is C12H12N2O4S. The van der Waals surface area contributed by atoms with E-state index in [4.69, 9.17) is 5.14 Å². The molecule has 0 amide bonds. The average molecular weight is 280 g/mol. The van der Waals surface area contributed by atoms with Crippen LogP contribution in [0.15, 0.2) is 45.5 Å². The largest absolute Gasteiger partial charge is 0.511 e. The van der Waals surface area contributed by atoms with Crippen molar-refractivity contribution in [1.29, 1.82) is 0 Å². The maximum atomic E-state index is 11.4. The molecule has 1 aromatic carbocycles. The van der Waals surface area contributed by atoms with E-state index < -0.39 is 10.0 Å². The summed E-state index contributed by atoms with van der Waals surface area (Å²) in [6.45, 7) is 0. The summed E-state index contributed by atoms with van der Waals surface area (Å²) >= 11 is 0. The van der Waals surface area contributed by atoms with Crippen LogP contribution >= 0.6 is 0 Å². The number of benzene rings is 1. The van der Waals surface area contributed by atoms with Crippen molar-refractivity contribution < 1.29 is 18.3 Å². The Bertz CT molecular complexity index is 672. The molecule has 0 unspecified atom stereocenters. The zero-order valence-corrected chi connectivity index (χ0v) is 10.7. The van der Waals surface area contributed by atoms with Crippen LogP contribution in [0.4, 0.5) is 5.69 Å². The van der Waals surface area contributed by atoms with Crippen LogP contribution in [0.25, 0.3) is 0 Å². The fraction of sp³-hybridized carbons (Fsp3) is 0.167. The molecule has 3 N–H and O–H groups in total. The van der Waals surface area contributed by atoms with Crippen LogP contribution in [0.2, 0.25) is 0 Å². The summed E-state index contributed by atoms with van der Waals surface area (Å²) in [7, 11) is -3.72. The fourth-order valence-electron chi connectivity index (χ4n) is 1.67. The van der Waals surface area contributed by atoms with E-state index in [1.807, 2.05) is 0 Å². The van der Waals surface area contributed by atoms with Crippen molar-refractivity contribution in [2.24, 2.45) is 10.1 Å². The van der Waals surface area contributed by atoms with Crippen molar-refractivity contribution in [2.45, 2.75) is 17.7 Å². The Kier molecular flexibility index (Phi) is 3.50. The van der Waals surface area contributed by atoms with Gasteiger partial charge in [-0.3, -0.25) is 9.79 Å². The highest BCUT2D eigenvalue weighted by atomic mass is 32.2. The second-order valence-electron chi connectivity index (χ2n) is 4.08. The van der Waals surface area contributed by atoms with Gasteiger partial charge in [-0.15, -0.1) is 0 Å². The van der Waals surface area contributed by atoms with E-state index >= 15 is 0 Å². The van der Waals surface area contributed by atoms with Crippen LogP contribution in [0, 0.1) is 0 Å². The molecule has 0 radical (unpaired) electrons. The summed E-state index contributed by atoms with van der Waals surface area (Å²) in [5.74, 6) is -0.114. The van der Waals surface area contributed by atoms with Crippen LogP contribution in [0.3, 0.4) is 0 Å². The second-order valence-corrected chi connectivity index (χ2v) is 5.64. The van der Waals surface area contributed by atoms with Gasteiger partial charge in [0, 0.05) is 19.1 Å². The topological polar surface area (TPSA) is 110 Å². The van der Waals surface area contributed by atoms with Crippen molar-refractivity contribution in [1.82, 2.24) is 0 Å². The molecule has 19 heavy (non-hydrogen) atoms. The van der Waals surface area contributed by atoms with Gasteiger partial charge in [-0.2, -0.15) is 0 Å². The molecular weight excluding hydrogens is 268 g/mol. The maximum absolute atomic E-state index is 11.4. The Morgan fingerprint density at radius 2 is 1.84 bits per heavy atom. The third-order valence-corrected chi connectivity index (χ3v) is 3.64. The third-order valence-electron chi connectivity index (χ3n) is 2.71. The predicted molar refractivity (Wildman–Crippen MR) is 69.9 cm³/mol. The van der Waals surface area contributed by atoms with Crippen LogP contribution < -0.4 is 5.14 Å².